The Morgan fingerprint density at radius 1 is 1.21 bits per heavy atom. The number of carbonyl (C=O) groups is 1. The maximum atomic E-state index is 13.9. The Hall–Kier alpha value is -2.63. The average Bonchev–Trinajstić information content (AvgIpc) is 2.97. The molecule has 0 bridgehead atoms. The minimum atomic E-state index is -4.74. The second kappa shape index (κ2) is 6.47. The van der Waals surface area contributed by atoms with Crippen molar-refractivity contribution in [1.29, 1.82) is 0 Å². The Balaban J connectivity index is 2.58. The van der Waals surface area contributed by atoms with Gasteiger partial charge in [-0.2, -0.15) is 13.2 Å². The van der Waals surface area contributed by atoms with Crippen LogP contribution in [0.3, 0.4) is 0 Å². The molecule has 2 aromatic rings. The zero-order chi connectivity index (χ0) is 18.1. The summed E-state index contributed by atoms with van der Waals surface area (Å²) in [7, 11) is 2.43. The number of alkyl halides is 3. The normalized spacial score (nSPS) is 11.2. The van der Waals surface area contributed by atoms with Crippen LogP contribution in [-0.4, -0.2) is 30.4 Å². The van der Waals surface area contributed by atoms with Crippen molar-refractivity contribution in [3.8, 4) is 11.5 Å². The first kappa shape index (κ1) is 17.7. The van der Waals surface area contributed by atoms with Crippen molar-refractivity contribution in [2.75, 3.05) is 19.1 Å². The highest BCUT2D eigenvalue weighted by Crippen LogP contribution is 2.41. The van der Waals surface area contributed by atoms with E-state index in [0.717, 1.165) is 12.1 Å². The Morgan fingerprint density at radius 3 is 2.29 bits per heavy atom. The van der Waals surface area contributed by atoms with Gasteiger partial charge in [-0.1, -0.05) is 11.3 Å². The molecule has 12 heteroatoms. The number of ether oxygens (including phenoxy) is 2. The highest BCUT2D eigenvalue weighted by Gasteiger charge is 2.37. The van der Waals surface area contributed by atoms with Gasteiger partial charge in [-0.15, -0.1) is 10.2 Å². The Bertz CT molecular complexity index is 765. The van der Waals surface area contributed by atoms with Crippen LogP contribution in [0.1, 0.15) is 5.01 Å². The number of primary amides is 1. The fraction of sp³-hybridized carbons (Fsp3) is 0.250. The van der Waals surface area contributed by atoms with Crippen LogP contribution >= 0.6 is 11.3 Å². The molecule has 0 saturated carbocycles. The van der Waals surface area contributed by atoms with Gasteiger partial charge in [-0.3, -0.25) is 0 Å². The molecule has 0 unspecified atom stereocenters. The van der Waals surface area contributed by atoms with Crippen LogP contribution in [0.25, 0.3) is 0 Å². The molecule has 130 valence electrons. The van der Waals surface area contributed by atoms with E-state index < -0.39 is 28.2 Å². The number of halogens is 4. The Labute approximate surface area is 136 Å². The monoisotopic (exact) mass is 366 g/mol. The van der Waals surface area contributed by atoms with Crippen LogP contribution in [0.5, 0.6) is 11.5 Å². The van der Waals surface area contributed by atoms with Gasteiger partial charge in [0.15, 0.2) is 11.6 Å². The van der Waals surface area contributed by atoms with Gasteiger partial charge in [-0.25, -0.2) is 14.1 Å². The summed E-state index contributed by atoms with van der Waals surface area (Å²) < 4.78 is 61.7. The fourth-order valence-corrected chi connectivity index (χ4v) is 2.49. The lowest BCUT2D eigenvalue weighted by atomic mass is 10.2. The number of urea groups is 1. The first-order valence-corrected chi connectivity index (χ1v) is 6.92. The largest absolute Gasteiger partial charge is 0.494 e. The summed E-state index contributed by atoms with van der Waals surface area (Å²) >= 11 is 0.0747. The second-order valence-corrected chi connectivity index (χ2v) is 5.18. The minimum Gasteiger partial charge on any atom is -0.494 e. The molecule has 1 aromatic heterocycles. The molecule has 0 aliphatic rings. The van der Waals surface area contributed by atoms with Crippen molar-refractivity contribution in [2.24, 2.45) is 5.73 Å². The molecular formula is C12H10F4N4O3S. The van der Waals surface area contributed by atoms with Crippen LogP contribution in [0.4, 0.5) is 33.2 Å². The number of hydrogen-bond donors (Lipinski definition) is 1. The smallest absolute Gasteiger partial charge is 0.445 e. The van der Waals surface area contributed by atoms with E-state index in [-0.39, 0.29) is 28.5 Å². The number of benzene rings is 1. The number of nitrogens with zero attached hydrogens (tertiary/aromatic N) is 3. The van der Waals surface area contributed by atoms with E-state index in [1.165, 1.54) is 14.2 Å². The number of aromatic nitrogens is 2. The number of amides is 2. The first-order chi connectivity index (χ1) is 11.2. The van der Waals surface area contributed by atoms with Gasteiger partial charge in [0.25, 0.3) is 0 Å². The predicted octanol–water partition coefficient (Wildman–Crippen LogP) is 2.93. The van der Waals surface area contributed by atoms with Gasteiger partial charge >= 0.3 is 12.2 Å². The Kier molecular flexibility index (Phi) is 4.78. The van der Waals surface area contributed by atoms with E-state index in [1.807, 2.05) is 0 Å². The third-order valence-electron chi connectivity index (χ3n) is 2.76. The van der Waals surface area contributed by atoms with E-state index in [0.29, 0.717) is 4.90 Å². The summed E-state index contributed by atoms with van der Waals surface area (Å²) in [5.41, 5.74) is 4.96. The molecule has 2 rings (SSSR count). The van der Waals surface area contributed by atoms with Crippen molar-refractivity contribution in [3.63, 3.8) is 0 Å². The molecule has 0 aliphatic carbocycles. The van der Waals surface area contributed by atoms with Crippen molar-refractivity contribution < 1.29 is 31.8 Å². The topological polar surface area (TPSA) is 90.6 Å². The number of rotatable bonds is 4. The van der Waals surface area contributed by atoms with Crippen molar-refractivity contribution in [2.45, 2.75) is 6.18 Å². The molecular weight excluding hydrogens is 356 g/mol. The molecule has 7 nitrogen and oxygen atoms in total. The lowest BCUT2D eigenvalue weighted by Gasteiger charge is -2.20. The number of carbonyl (C=O) groups excluding carboxylic acids is 1. The van der Waals surface area contributed by atoms with Crippen LogP contribution in [0, 0.1) is 5.82 Å². The quantitative estimate of drug-likeness (QED) is 0.840. The second-order valence-electron chi connectivity index (χ2n) is 4.22. The molecule has 2 N–H and O–H groups in total. The van der Waals surface area contributed by atoms with Crippen molar-refractivity contribution >= 4 is 28.2 Å². The summed E-state index contributed by atoms with van der Waals surface area (Å²) in [6.07, 6.45) is -4.74. The molecule has 24 heavy (non-hydrogen) atoms. The van der Waals surface area contributed by atoms with E-state index in [2.05, 4.69) is 10.2 Å². The van der Waals surface area contributed by atoms with E-state index in [1.54, 1.807) is 0 Å². The number of methoxy groups -OCH3 is 2. The van der Waals surface area contributed by atoms with Crippen LogP contribution in [-0.2, 0) is 6.18 Å². The minimum absolute atomic E-state index is 0.0594. The summed E-state index contributed by atoms with van der Waals surface area (Å²) in [6.45, 7) is 0. The third-order valence-corrected chi connectivity index (χ3v) is 3.72. The van der Waals surface area contributed by atoms with Gasteiger partial charge in [0.1, 0.15) is 5.75 Å². The standard InChI is InChI=1S/C12H10F4N4O3S/c1-22-7-4-8(23-2)6(3-5(7)13)20(10(17)21)11-19-18-9(24-11)12(14,15)16/h3-4H,1-2H3,(H2,17,21). The molecule has 0 atom stereocenters. The maximum absolute atomic E-state index is 13.9. The van der Waals surface area contributed by atoms with Crippen LogP contribution < -0.4 is 20.1 Å². The molecule has 0 radical (unpaired) electrons. The zero-order valence-electron chi connectivity index (χ0n) is 12.2. The highest BCUT2D eigenvalue weighted by molar-refractivity contribution is 7.15. The lowest BCUT2D eigenvalue weighted by Crippen LogP contribution is -2.31. The molecule has 1 aromatic carbocycles. The SMILES string of the molecule is COc1cc(OC)c(N(C(N)=O)c2nnc(C(F)(F)F)s2)cc1F. The van der Waals surface area contributed by atoms with E-state index >= 15 is 0 Å². The van der Waals surface area contributed by atoms with Crippen LogP contribution in [0.2, 0.25) is 0 Å². The van der Waals surface area contributed by atoms with Crippen LogP contribution in [0.15, 0.2) is 12.1 Å². The first-order valence-electron chi connectivity index (χ1n) is 6.10. The average molecular weight is 366 g/mol. The van der Waals surface area contributed by atoms with Gasteiger partial charge in [0, 0.05) is 12.1 Å². The van der Waals surface area contributed by atoms with Gasteiger partial charge in [0.2, 0.25) is 10.1 Å². The lowest BCUT2D eigenvalue weighted by molar-refractivity contribution is -0.138. The fourth-order valence-electron chi connectivity index (χ4n) is 1.76. The van der Waals surface area contributed by atoms with E-state index in [9.17, 15) is 22.4 Å². The summed E-state index contributed by atoms with van der Waals surface area (Å²) in [6, 6.07) is 0.756. The van der Waals surface area contributed by atoms with Gasteiger partial charge < -0.3 is 15.2 Å². The molecule has 1 heterocycles. The van der Waals surface area contributed by atoms with Crippen molar-refractivity contribution in [1.82, 2.24) is 10.2 Å². The summed E-state index contributed by atoms with van der Waals surface area (Å²) in [5, 5.41) is 4.49. The molecule has 0 spiro atoms. The third kappa shape index (κ3) is 3.32. The molecule has 0 fully saturated rings. The zero-order valence-corrected chi connectivity index (χ0v) is 13.0. The molecule has 0 saturated heterocycles. The predicted molar refractivity (Wildman–Crippen MR) is 76.1 cm³/mol. The molecule has 2 amide bonds. The van der Waals surface area contributed by atoms with Gasteiger partial charge in [0.05, 0.1) is 19.9 Å². The number of hydrogen-bond acceptors (Lipinski definition) is 6. The number of nitrogens with two attached hydrogens (primary N) is 1. The summed E-state index contributed by atoms with van der Waals surface area (Å²) in [4.78, 5) is 12.3. The maximum Gasteiger partial charge on any atom is 0.445 e. The highest BCUT2D eigenvalue weighted by atomic mass is 32.1. The van der Waals surface area contributed by atoms with E-state index in [4.69, 9.17) is 15.2 Å². The summed E-state index contributed by atoms with van der Waals surface area (Å²) in [5.74, 6) is -1.12. The van der Waals surface area contributed by atoms with Gasteiger partial charge in [-0.05, 0) is 0 Å². The number of anilines is 2. The van der Waals surface area contributed by atoms with Crippen molar-refractivity contribution in [3.05, 3.63) is 23.0 Å². The molecule has 0 aliphatic heterocycles. The Morgan fingerprint density at radius 2 is 1.83 bits per heavy atom.